The van der Waals surface area contributed by atoms with Crippen LogP contribution in [0.3, 0.4) is 0 Å². The summed E-state index contributed by atoms with van der Waals surface area (Å²) in [6.07, 6.45) is 0. The van der Waals surface area contributed by atoms with Crippen LogP contribution in [0.15, 0.2) is 42.5 Å². The predicted molar refractivity (Wildman–Crippen MR) is 68.2 cm³/mol. The first-order valence-electron chi connectivity index (χ1n) is 5.67. The summed E-state index contributed by atoms with van der Waals surface area (Å²) in [5.74, 6) is 0.795. The molecular weight excluding hydrogens is 212 g/mol. The molecule has 0 unspecified atom stereocenters. The molecule has 3 heteroatoms. The zero-order valence-corrected chi connectivity index (χ0v) is 9.55. The SMILES string of the molecule is CCOc1cccc2nc3ccccc3nc12. The highest BCUT2D eigenvalue weighted by Gasteiger charge is 2.05. The Morgan fingerprint density at radius 2 is 1.59 bits per heavy atom. The molecule has 0 N–H and O–H groups in total. The van der Waals surface area contributed by atoms with Crippen molar-refractivity contribution in [2.45, 2.75) is 6.92 Å². The zero-order valence-electron chi connectivity index (χ0n) is 9.55. The molecule has 17 heavy (non-hydrogen) atoms. The van der Waals surface area contributed by atoms with Gasteiger partial charge in [0.25, 0.3) is 0 Å². The standard InChI is InChI=1S/C14H12N2O/c1-2-17-13-9-5-8-12-14(13)16-11-7-4-3-6-10(11)15-12/h3-9H,2H2,1H3. The van der Waals surface area contributed by atoms with Gasteiger partial charge in [-0.3, -0.25) is 0 Å². The van der Waals surface area contributed by atoms with Gasteiger partial charge in [0.15, 0.2) is 0 Å². The fourth-order valence-electron chi connectivity index (χ4n) is 1.89. The number of benzene rings is 2. The molecule has 1 aromatic heterocycles. The van der Waals surface area contributed by atoms with Crippen molar-refractivity contribution in [1.82, 2.24) is 9.97 Å². The predicted octanol–water partition coefficient (Wildman–Crippen LogP) is 3.18. The van der Waals surface area contributed by atoms with Gasteiger partial charge in [0.1, 0.15) is 11.3 Å². The molecule has 2 aromatic carbocycles. The molecule has 1 heterocycles. The first-order valence-corrected chi connectivity index (χ1v) is 5.67. The van der Waals surface area contributed by atoms with Crippen LogP contribution in [0.1, 0.15) is 6.92 Å². The molecule has 0 saturated carbocycles. The lowest BCUT2D eigenvalue weighted by molar-refractivity contribution is 0.343. The van der Waals surface area contributed by atoms with E-state index in [1.807, 2.05) is 49.4 Å². The normalized spacial score (nSPS) is 10.9. The number of hydrogen-bond donors (Lipinski definition) is 0. The zero-order chi connectivity index (χ0) is 11.7. The van der Waals surface area contributed by atoms with Crippen molar-refractivity contribution in [3.63, 3.8) is 0 Å². The number of aromatic nitrogens is 2. The van der Waals surface area contributed by atoms with Crippen molar-refractivity contribution in [2.24, 2.45) is 0 Å². The van der Waals surface area contributed by atoms with Gasteiger partial charge in [-0.05, 0) is 31.2 Å². The van der Waals surface area contributed by atoms with E-state index in [0.29, 0.717) is 6.61 Å². The summed E-state index contributed by atoms with van der Waals surface area (Å²) in [5, 5.41) is 0. The van der Waals surface area contributed by atoms with Crippen LogP contribution < -0.4 is 4.74 Å². The highest BCUT2D eigenvalue weighted by Crippen LogP contribution is 2.24. The van der Waals surface area contributed by atoms with E-state index in [9.17, 15) is 0 Å². The fraction of sp³-hybridized carbons (Fsp3) is 0.143. The summed E-state index contributed by atoms with van der Waals surface area (Å²) in [6.45, 7) is 2.60. The molecule has 0 amide bonds. The van der Waals surface area contributed by atoms with Crippen LogP contribution in [0, 0.1) is 0 Å². The molecule has 3 rings (SSSR count). The number of fused-ring (bicyclic) bond motifs is 2. The van der Waals surface area contributed by atoms with Gasteiger partial charge in [-0.25, -0.2) is 9.97 Å². The van der Waals surface area contributed by atoms with E-state index in [-0.39, 0.29) is 0 Å². The Hall–Kier alpha value is -2.16. The van der Waals surface area contributed by atoms with Crippen LogP contribution in [-0.2, 0) is 0 Å². The molecule has 0 aliphatic heterocycles. The van der Waals surface area contributed by atoms with E-state index < -0.39 is 0 Å². The lowest BCUT2D eigenvalue weighted by Crippen LogP contribution is -1.95. The first kappa shape index (κ1) is 10.0. The van der Waals surface area contributed by atoms with Crippen molar-refractivity contribution in [3.8, 4) is 5.75 Å². The molecule has 3 aromatic rings. The van der Waals surface area contributed by atoms with Crippen LogP contribution in [0.4, 0.5) is 0 Å². The molecule has 0 aliphatic carbocycles. The molecular formula is C14H12N2O. The van der Waals surface area contributed by atoms with E-state index in [0.717, 1.165) is 27.8 Å². The Bertz CT molecular complexity index is 679. The summed E-state index contributed by atoms with van der Waals surface area (Å²) in [7, 11) is 0. The van der Waals surface area contributed by atoms with Crippen LogP contribution in [0.2, 0.25) is 0 Å². The minimum atomic E-state index is 0.633. The first-order chi connectivity index (χ1) is 8.38. The van der Waals surface area contributed by atoms with Crippen molar-refractivity contribution >= 4 is 22.1 Å². The number of nitrogens with zero attached hydrogens (tertiary/aromatic N) is 2. The van der Waals surface area contributed by atoms with Crippen molar-refractivity contribution in [3.05, 3.63) is 42.5 Å². The van der Waals surface area contributed by atoms with Gasteiger partial charge >= 0.3 is 0 Å². The maximum absolute atomic E-state index is 5.57. The summed E-state index contributed by atoms with van der Waals surface area (Å²) in [4.78, 5) is 9.19. The van der Waals surface area contributed by atoms with Gasteiger partial charge in [-0.15, -0.1) is 0 Å². The van der Waals surface area contributed by atoms with Gasteiger partial charge in [0.2, 0.25) is 0 Å². The Morgan fingerprint density at radius 1 is 0.882 bits per heavy atom. The number of hydrogen-bond acceptors (Lipinski definition) is 3. The van der Waals surface area contributed by atoms with E-state index in [1.165, 1.54) is 0 Å². The van der Waals surface area contributed by atoms with Gasteiger partial charge in [0.05, 0.1) is 23.2 Å². The maximum Gasteiger partial charge on any atom is 0.147 e. The highest BCUT2D eigenvalue weighted by atomic mass is 16.5. The number of ether oxygens (including phenoxy) is 1. The lowest BCUT2D eigenvalue weighted by Gasteiger charge is -2.06. The molecule has 0 atom stereocenters. The van der Waals surface area contributed by atoms with E-state index in [4.69, 9.17) is 4.74 Å². The van der Waals surface area contributed by atoms with Crippen molar-refractivity contribution in [2.75, 3.05) is 6.61 Å². The third-order valence-corrected chi connectivity index (χ3v) is 2.63. The smallest absolute Gasteiger partial charge is 0.147 e. The quantitative estimate of drug-likeness (QED) is 0.627. The van der Waals surface area contributed by atoms with Gasteiger partial charge in [-0.1, -0.05) is 18.2 Å². The van der Waals surface area contributed by atoms with Crippen molar-refractivity contribution < 1.29 is 4.74 Å². The van der Waals surface area contributed by atoms with E-state index >= 15 is 0 Å². The van der Waals surface area contributed by atoms with Crippen LogP contribution >= 0.6 is 0 Å². The van der Waals surface area contributed by atoms with Crippen LogP contribution in [0.25, 0.3) is 22.1 Å². The fourth-order valence-corrected chi connectivity index (χ4v) is 1.89. The monoisotopic (exact) mass is 224 g/mol. The minimum Gasteiger partial charge on any atom is -0.492 e. The number of rotatable bonds is 2. The Kier molecular flexibility index (Phi) is 2.37. The Labute approximate surface area is 99.1 Å². The summed E-state index contributed by atoms with van der Waals surface area (Å²) < 4.78 is 5.57. The molecule has 84 valence electrons. The highest BCUT2D eigenvalue weighted by molar-refractivity contribution is 5.89. The summed E-state index contributed by atoms with van der Waals surface area (Å²) in [6, 6.07) is 13.7. The Balaban J connectivity index is 2.35. The molecule has 0 radical (unpaired) electrons. The molecule has 0 bridgehead atoms. The molecule has 0 fully saturated rings. The van der Waals surface area contributed by atoms with Gasteiger partial charge < -0.3 is 4.74 Å². The second-order valence-corrected chi connectivity index (χ2v) is 3.77. The van der Waals surface area contributed by atoms with E-state index in [1.54, 1.807) is 0 Å². The minimum absolute atomic E-state index is 0.633. The molecule has 0 spiro atoms. The van der Waals surface area contributed by atoms with Crippen LogP contribution in [-0.4, -0.2) is 16.6 Å². The van der Waals surface area contributed by atoms with E-state index in [2.05, 4.69) is 9.97 Å². The molecule has 0 aliphatic rings. The van der Waals surface area contributed by atoms with Gasteiger partial charge in [0, 0.05) is 0 Å². The average Bonchev–Trinajstić information content (AvgIpc) is 2.37. The van der Waals surface area contributed by atoms with Crippen LogP contribution in [0.5, 0.6) is 5.75 Å². The third kappa shape index (κ3) is 1.69. The molecule has 0 saturated heterocycles. The lowest BCUT2D eigenvalue weighted by atomic mass is 10.2. The second-order valence-electron chi connectivity index (χ2n) is 3.77. The van der Waals surface area contributed by atoms with Crippen molar-refractivity contribution in [1.29, 1.82) is 0 Å². The number of para-hydroxylation sites is 3. The molecule has 3 nitrogen and oxygen atoms in total. The largest absolute Gasteiger partial charge is 0.492 e. The average molecular weight is 224 g/mol. The second kappa shape index (κ2) is 4.01. The maximum atomic E-state index is 5.57. The summed E-state index contributed by atoms with van der Waals surface area (Å²) in [5.41, 5.74) is 3.50. The Morgan fingerprint density at radius 3 is 2.35 bits per heavy atom. The third-order valence-electron chi connectivity index (χ3n) is 2.63. The summed E-state index contributed by atoms with van der Waals surface area (Å²) >= 11 is 0. The van der Waals surface area contributed by atoms with Gasteiger partial charge in [-0.2, -0.15) is 0 Å². The topological polar surface area (TPSA) is 35.0 Å².